The molecule has 0 bridgehead atoms. The van der Waals surface area contributed by atoms with E-state index in [-0.39, 0.29) is 24.2 Å². The summed E-state index contributed by atoms with van der Waals surface area (Å²) in [6.07, 6.45) is 6.12. The molecule has 5 nitrogen and oxygen atoms in total. The van der Waals surface area contributed by atoms with E-state index in [0.29, 0.717) is 6.42 Å². The van der Waals surface area contributed by atoms with E-state index in [1.54, 1.807) is 6.92 Å². The van der Waals surface area contributed by atoms with E-state index in [1.807, 2.05) is 25.1 Å². The van der Waals surface area contributed by atoms with Crippen LogP contribution in [0.1, 0.15) is 69.6 Å². The second kappa shape index (κ2) is 9.31. The number of hydrogen-bond acceptors (Lipinski definition) is 4. The lowest BCUT2D eigenvalue weighted by Gasteiger charge is -2.32. The summed E-state index contributed by atoms with van der Waals surface area (Å²) in [5, 5.41) is 13.1. The Morgan fingerprint density at radius 3 is 2.58 bits per heavy atom. The van der Waals surface area contributed by atoms with E-state index in [1.165, 1.54) is 11.1 Å². The number of aryl methyl sites for hydroxylation is 1. The lowest BCUT2D eigenvalue weighted by Crippen LogP contribution is -2.49. The molecular formula is C26H33NO4. The van der Waals surface area contributed by atoms with Gasteiger partial charge in [-0.3, -0.25) is 4.79 Å². The molecule has 166 valence electrons. The fourth-order valence-corrected chi connectivity index (χ4v) is 4.36. The van der Waals surface area contributed by atoms with Gasteiger partial charge in [-0.1, -0.05) is 37.3 Å². The third-order valence-corrected chi connectivity index (χ3v) is 6.64. The summed E-state index contributed by atoms with van der Waals surface area (Å²) in [5.41, 5.74) is 1.13. The number of ether oxygens (including phenoxy) is 2. The van der Waals surface area contributed by atoms with Crippen LogP contribution in [0.3, 0.4) is 0 Å². The van der Waals surface area contributed by atoms with Crippen LogP contribution in [0.5, 0.6) is 11.5 Å². The Balaban J connectivity index is 1.29. The van der Waals surface area contributed by atoms with E-state index in [2.05, 4.69) is 35.6 Å². The topological polar surface area (TPSA) is 67.8 Å². The molecule has 1 fully saturated rings. The Bertz CT molecular complexity index is 888. The van der Waals surface area contributed by atoms with Gasteiger partial charge in [0, 0.05) is 6.04 Å². The van der Waals surface area contributed by atoms with Crippen LogP contribution in [-0.4, -0.2) is 28.8 Å². The van der Waals surface area contributed by atoms with E-state index in [9.17, 15) is 9.90 Å². The molecule has 31 heavy (non-hydrogen) atoms. The van der Waals surface area contributed by atoms with E-state index in [4.69, 9.17) is 9.47 Å². The summed E-state index contributed by atoms with van der Waals surface area (Å²) in [4.78, 5) is 12.2. The number of carbonyl (C=O) groups excluding carboxylic acids is 1. The zero-order chi connectivity index (χ0) is 21.8. The van der Waals surface area contributed by atoms with Crippen molar-refractivity contribution in [3.05, 3.63) is 59.7 Å². The van der Waals surface area contributed by atoms with Crippen molar-refractivity contribution in [2.75, 3.05) is 0 Å². The van der Waals surface area contributed by atoms with Gasteiger partial charge >= 0.3 is 0 Å². The van der Waals surface area contributed by atoms with Crippen LogP contribution in [0.25, 0.3) is 0 Å². The third kappa shape index (κ3) is 5.21. The SMILES string of the molecule is CCC(C)(O)C(=O)N[C@H]1CC[C@H](Oc2ccc3c(c2)CCC(c2ccccc2)O3)CC1. The Labute approximate surface area is 184 Å². The van der Waals surface area contributed by atoms with Crippen molar-refractivity contribution in [1.29, 1.82) is 0 Å². The summed E-state index contributed by atoms with van der Waals surface area (Å²) >= 11 is 0. The molecule has 1 saturated carbocycles. The van der Waals surface area contributed by atoms with Gasteiger partial charge in [-0.05, 0) is 81.2 Å². The van der Waals surface area contributed by atoms with Crippen molar-refractivity contribution in [3.63, 3.8) is 0 Å². The number of hydrogen-bond donors (Lipinski definition) is 2. The van der Waals surface area contributed by atoms with Crippen molar-refractivity contribution < 1.29 is 19.4 Å². The molecule has 1 aliphatic heterocycles. The standard InChI is InChI=1S/C26H33NO4/c1-3-26(2,29)25(28)27-20-10-12-21(13-11-20)30-22-14-16-24-19(17-22)9-15-23(31-24)18-7-5-4-6-8-18/h4-8,14,16-17,20-21,23,29H,3,9-13,15H2,1-2H3,(H,27,28)/t20-,21-,23?,26?. The summed E-state index contributed by atoms with van der Waals surface area (Å²) < 4.78 is 12.5. The molecule has 1 amide bonds. The summed E-state index contributed by atoms with van der Waals surface area (Å²) in [6.45, 7) is 3.38. The fraction of sp³-hybridized carbons (Fsp3) is 0.500. The van der Waals surface area contributed by atoms with Gasteiger partial charge < -0.3 is 19.9 Å². The molecule has 0 spiro atoms. The Kier molecular flexibility index (Phi) is 6.51. The van der Waals surface area contributed by atoms with Gasteiger partial charge in [0.15, 0.2) is 0 Å². The zero-order valence-electron chi connectivity index (χ0n) is 18.5. The van der Waals surface area contributed by atoms with Crippen molar-refractivity contribution in [3.8, 4) is 11.5 Å². The minimum atomic E-state index is -1.29. The van der Waals surface area contributed by atoms with Crippen LogP contribution in [0.2, 0.25) is 0 Å². The average Bonchev–Trinajstić information content (AvgIpc) is 2.80. The van der Waals surface area contributed by atoms with Gasteiger partial charge in [-0.15, -0.1) is 0 Å². The smallest absolute Gasteiger partial charge is 0.251 e. The summed E-state index contributed by atoms with van der Waals surface area (Å²) in [5.74, 6) is 1.56. The minimum absolute atomic E-state index is 0.109. The molecule has 2 aromatic carbocycles. The molecule has 4 rings (SSSR count). The van der Waals surface area contributed by atoms with Crippen LogP contribution in [0, 0.1) is 0 Å². The highest BCUT2D eigenvalue weighted by atomic mass is 16.5. The van der Waals surface area contributed by atoms with E-state index < -0.39 is 5.60 Å². The second-order valence-corrected chi connectivity index (χ2v) is 9.02. The largest absolute Gasteiger partial charge is 0.490 e. The molecule has 2 aromatic rings. The molecule has 2 unspecified atom stereocenters. The maximum Gasteiger partial charge on any atom is 0.251 e. The minimum Gasteiger partial charge on any atom is -0.490 e. The summed E-state index contributed by atoms with van der Waals surface area (Å²) in [6, 6.07) is 16.6. The molecule has 0 aromatic heterocycles. The highest BCUT2D eigenvalue weighted by Crippen LogP contribution is 2.37. The molecular weight excluding hydrogens is 390 g/mol. The van der Waals surface area contributed by atoms with Crippen LogP contribution in [0.15, 0.2) is 48.5 Å². The first-order valence-electron chi connectivity index (χ1n) is 11.5. The molecule has 0 saturated heterocycles. The number of benzene rings is 2. The number of fused-ring (bicyclic) bond motifs is 1. The van der Waals surface area contributed by atoms with Gasteiger partial charge in [0.05, 0.1) is 6.10 Å². The van der Waals surface area contributed by atoms with Gasteiger partial charge in [-0.2, -0.15) is 0 Å². The van der Waals surface area contributed by atoms with Gasteiger partial charge in [0.25, 0.3) is 5.91 Å². The lowest BCUT2D eigenvalue weighted by atomic mass is 9.91. The normalized spacial score (nSPS) is 24.9. The summed E-state index contributed by atoms with van der Waals surface area (Å²) in [7, 11) is 0. The Morgan fingerprint density at radius 2 is 1.87 bits per heavy atom. The van der Waals surface area contributed by atoms with Crippen LogP contribution in [0.4, 0.5) is 0 Å². The molecule has 0 radical (unpaired) electrons. The predicted octanol–water partition coefficient (Wildman–Crippen LogP) is 4.72. The van der Waals surface area contributed by atoms with E-state index >= 15 is 0 Å². The first kappa shape index (κ1) is 21.7. The fourth-order valence-electron chi connectivity index (χ4n) is 4.36. The molecule has 2 atom stereocenters. The Morgan fingerprint density at radius 1 is 1.13 bits per heavy atom. The number of carbonyl (C=O) groups is 1. The van der Waals surface area contributed by atoms with Crippen molar-refractivity contribution in [2.24, 2.45) is 0 Å². The first-order chi connectivity index (χ1) is 14.9. The first-order valence-corrected chi connectivity index (χ1v) is 11.5. The second-order valence-electron chi connectivity index (χ2n) is 9.02. The van der Waals surface area contributed by atoms with Crippen LogP contribution >= 0.6 is 0 Å². The maximum atomic E-state index is 12.2. The average molecular weight is 424 g/mol. The number of nitrogens with one attached hydrogen (secondary N) is 1. The van der Waals surface area contributed by atoms with Crippen molar-refractivity contribution >= 4 is 5.91 Å². The lowest BCUT2D eigenvalue weighted by molar-refractivity contribution is -0.139. The van der Waals surface area contributed by atoms with Crippen LogP contribution in [-0.2, 0) is 11.2 Å². The predicted molar refractivity (Wildman–Crippen MR) is 120 cm³/mol. The molecule has 2 N–H and O–H groups in total. The molecule has 2 aliphatic rings. The van der Waals surface area contributed by atoms with Gasteiger partial charge in [-0.25, -0.2) is 0 Å². The van der Waals surface area contributed by atoms with E-state index in [0.717, 1.165) is 50.0 Å². The monoisotopic (exact) mass is 423 g/mol. The highest BCUT2D eigenvalue weighted by molar-refractivity contribution is 5.84. The zero-order valence-corrected chi connectivity index (χ0v) is 18.5. The quantitative estimate of drug-likeness (QED) is 0.705. The number of aliphatic hydroxyl groups is 1. The maximum absolute atomic E-state index is 12.2. The van der Waals surface area contributed by atoms with Crippen LogP contribution < -0.4 is 14.8 Å². The van der Waals surface area contributed by atoms with Crippen molar-refractivity contribution in [1.82, 2.24) is 5.32 Å². The molecule has 5 heteroatoms. The van der Waals surface area contributed by atoms with Gasteiger partial charge in [0.1, 0.15) is 23.2 Å². The highest BCUT2D eigenvalue weighted by Gasteiger charge is 2.31. The molecule has 1 aliphatic carbocycles. The molecule has 1 heterocycles. The number of rotatable bonds is 6. The van der Waals surface area contributed by atoms with Gasteiger partial charge in [0.2, 0.25) is 0 Å². The third-order valence-electron chi connectivity index (χ3n) is 6.64. The van der Waals surface area contributed by atoms with Crippen molar-refractivity contribution in [2.45, 2.75) is 82.6 Å². The Hall–Kier alpha value is -2.53. The number of amides is 1.